The Hall–Kier alpha value is -1.96. The number of rotatable bonds is 4. The third-order valence-electron chi connectivity index (χ3n) is 2.40. The van der Waals surface area contributed by atoms with Gasteiger partial charge in [0.25, 0.3) is 0 Å². The number of nitrogens with zero attached hydrogens (tertiary/aromatic N) is 1. The highest BCUT2D eigenvalue weighted by atomic mass is 19.1. The molecule has 0 unspecified atom stereocenters. The summed E-state index contributed by atoms with van der Waals surface area (Å²) in [5.74, 6) is -1.82. The summed E-state index contributed by atoms with van der Waals surface area (Å²) in [5, 5.41) is 11.3. The highest BCUT2D eigenvalue weighted by molar-refractivity contribution is 5.78. The van der Waals surface area contributed by atoms with Gasteiger partial charge in [-0.15, -0.1) is 0 Å². The van der Waals surface area contributed by atoms with E-state index in [1.165, 1.54) is 6.07 Å². The fraction of sp³-hybridized carbons (Fsp3) is 0.385. The number of benzene rings is 1. The SMILES string of the molecule is CC(C)(C#N)CNC(=O)Cc1ccc(F)cc1F. The second kappa shape index (κ2) is 5.58. The highest BCUT2D eigenvalue weighted by Crippen LogP contribution is 2.12. The Bertz CT molecular complexity index is 492. The molecule has 3 nitrogen and oxygen atoms in total. The molecule has 0 aliphatic carbocycles. The van der Waals surface area contributed by atoms with Crippen molar-refractivity contribution < 1.29 is 13.6 Å². The van der Waals surface area contributed by atoms with E-state index in [1.54, 1.807) is 13.8 Å². The first kappa shape index (κ1) is 14.1. The molecular weight excluding hydrogens is 238 g/mol. The van der Waals surface area contributed by atoms with Crippen molar-refractivity contribution in [2.24, 2.45) is 5.41 Å². The van der Waals surface area contributed by atoms with Crippen molar-refractivity contribution in [1.82, 2.24) is 5.32 Å². The zero-order valence-corrected chi connectivity index (χ0v) is 10.3. The van der Waals surface area contributed by atoms with Gasteiger partial charge in [-0.2, -0.15) is 5.26 Å². The number of nitriles is 1. The largest absolute Gasteiger partial charge is 0.354 e. The zero-order valence-electron chi connectivity index (χ0n) is 10.3. The van der Waals surface area contributed by atoms with Crippen LogP contribution in [0.15, 0.2) is 18.2 Å². The average molecular weight is 252 g/mol. The summed E-state index contributed by atoms with van der Waals surface area (Å²) in [6.45, 7) is 3.56. The maximum atomic E-state index is 13.3. The maximum absolute atomic E-state index is 13.3. The van der Waals surface area contributed by atoms with Gasteiger partial charge in [0, 0.05) is 12.6 Å². The van der Waals surface area contributed by atoms with Crippen molar-refractivity contribution in [3.05, 3.63) is 35.4 Å². The van der Waals surface area contributed by atoms with E-state index in [2.05, 4.69) is 5.32 Å². The molecule has 0 bridgehead atoms. The van der Waals surface area contributed by atoms with Crippen molar-refractivity contribution >= 4 is 5.91 Å². The molecule has 0 radical (unpaired) electrons. The van der Waals surface area contributed by atoms with Gasteiger partial charge in [0.1, 0.15) is 11.6 Å². The van der Waals surface area contributed by atoms with Gasteiger partial charge in [-0.05, 0) is 25.5 Å². The lowest BCUT2D eigenvalue weighted by atomic mass is 9.96. The minimum atomic E-state index is -0.746. The first-order valence-corrected chi connectivity index (χ1v) is 5.46. The quantitative estimate of drug-likeness (QED) is 0.892. The van der Waals surface area contributed by atoms with E-state index in [0.717, 1.165) is 12.1 Å². The van der Waals surface area contributed by atoms with E-state index in [0.29, 0.717) is 0 Å². The second-order valence-electron chi connectivity index (χ2n) is 4.68. The molecule has 0 atom stereocenters. The van der Waals surface area contributed by atoms with E-state index in [1.807, 2.05) is 6.07 Å². The molecule has 1 N–H and O–H groups in total. The van der Waals surface area contributed by atoms with Gasteiger partial charge >= 0.3 is 0 Å². The van der Waals surface area contributed by atoms with Gasteiger partial charge in [-0.1, -0.05) is 6.07 Å². The van der Waals surface area contributed by atoms with Crippen molar-refractivity contribution in [1.29, 1.82) is 5.26 Å². The standard InChI is InChI=1S/C13H14F2N2O/c1-13(2,7-16)8-17-12(18)5-9-3-4-10(14)6-11(9)15/h3-4,6H,5,8H2,1-2H3,(H,17,18). The predicted octanol–water partition coefficient (Wildman–Crippen LogP) is 2.17. The molecule has 0 spiro atoms. The smallest absolute Gasteiger partial charge is 0.224 e. The summed E-state index contributed by atoms with van der Waals surface area (Å²) in [7, 11) is 0. The zero-order chi connectivity index (χ0) is 13.8. The van der Waals surface area contributed by atoms with E-state index in [-0.39, 0.29) is 18.5 Å². The van der Waals surface area contributed by atoms with Crippen LogP contribution in [0, 0.1) is 28.4 Å². The molecule has 0 saturated carbocycles. The highest BCUT2D eigenvalue weighted by Gasteiger charge is 2.18. The molecule has 0 aromatic heterocycles. The third-order valence-corrected chi connectivity index (χ3v) is 2.40. The Morgan fingerprint density at radius 2 is 2.11 bits per heavy atom. The number of amides is 1. The molecule has 0 aliphatic rings. The normalized spacial score (nSPS) is 10.8. The second-order valence-corrected chi connectivity index (χ2v) is 4.68. The van der Waals surface area contributed by atoms with Crippen molar-refractivity contribution in [3.8, 4) is 6.07 Å². The minimum Gasteiger partial charge on any atom is -0.354 e. The lowest BCUT2D eigenvalue weighted by molar-refractivity contribution is -0.120. The number of hydrogen-bond donors (Lipinski definition) is 1. The molecule has 1 amide bonds. The van der Waals surface area contributed by atoms with Crippen LogP contribution in [-0.4, -0.2) is 12.5 Å². The van der Waals surface area contributed by atoms with Crippen LogP contribution in [0.5, 0.6) is 0 Å². The van der Waals surface area contributed by atoms with Gasteiger partial charge in [0.2, 0.25) is 5.91 Å². The topological polar surface area (TPSA) is 52.9 Å². The number of hydrogen-bond acceptors (Lipinski definition) is 2. The van der Waals surface area contributed by atoms with Gasteiger partial charge in [0.15, 0.2) is 0 Å². The van der Waals surface area contributed by atoms with Crippen LogP contribution in [0.2, 0.25) is 0 Å². The van der Waals surface area contributed by atoms with Crippen molar-refractivity contribution in [2.75, 3.05) is 6.54 Å². The number of carbonyl (C=O) groups excluding carboxylic acids is 1. The van der Waals surface area contributed by atoms with Gasteiger partial charge in [-0.25, -0.2) is 8.78 Å². The van der Waals surface area contributed by atoms with Crippen molar-refractivity contribution in [2.45, 2.75) is 20.3 Å². The van der Waals surface area contributed by atoms with Gasteiger partial charge < -0.3 is 5.32 Å². The summed E-state index contributed by atoms with van der Waals surface area (Å²) in [5.41, 5.74) is -0.541. The molecule has 18 heavy (non-hydrogen) atoms. The molecule has 0 fully saturated rings. The lowest BCUT2D eigenvalue weighted by Crippen LogP contribution is -2.34. The van der Waals surface area contributed by atoms with E-state index in [4.69, 9.17) is 5.26 Å². The summed E-state index contributed by atoms with van der Waals surface area (Å²) in [4.78, 5) is 11.5. The third kappa shape index (κ3) is 4.13. The Labute approximate surface area is 104 Å². The van der Waals surface area contributed by atoms with Crippen LogP contribution in [0.4, 0.5) is 8.78 Å². The fourth-order valence-corrected chi connectivity index (χ4v) is 1.26. The summed E-state index contributed by atoms with van der Waals surface area (Å²) in [6.07, 6.45) is -0.173. The number of nitrogens with one attached hydrogen (secondary N) is 1. The Morgan fingerprint density at radius 1 is 1.44 bits per heavy atom. The summed E-state index contributed by atoms with van der Waals surface area (Å²) < 4.78 is 25.9. The average Bonchev–Trinajstić information content (AvgIpc) is 2.30. The molecular formula is C13H14F2N2O. The molecule has 1 aromatic carbocycles. The van der Waals surface area contributed by atoms with Crippen LogP contribution in [-0.2, 0) is 11.2 Å². The molecule has 1 aromatic rings. The van der Waals surface area contributed by atoms with Crippen LogP contribution in [0.3, 0.4) is 0 Å². The lowest BCUT2D eigenvalue weighted by Gasteiger charge is -2.15. The molecule has 96 valence electrons. The van der Waals surface area contributed by atoms with E-state index in [9.17, 15) is 13.6 Å². The Kier molecular flexibility index (Phi) is 4.38. The van der Waals surface area contributed by atoms with Crippen LogP contribution in [0.25, 0.3) is 0 Å². The monoisotopic (exact) mass is 252 g/mol. The van der Waals surface area contributed by atoms with Crippen molar-refractivity contribution in [3.63, 3.8) is 0 Å². The summed E-state index contributed by atoms with van der Waals surface area (Å²) >= 11 is 0. The van der Waals surface area contributed by atoms with E-state index >= 15 is 0 Å². The minimum absolute atomic E-state index is 0.128. The molecule has 0 aliphatic heterocycles. The molecule has 0 heterocycles. The van der Waals surface area contributed by atoms with Crippen LogP contribution < -0.4 is 5.32 Å². The first-order chi connectivity index (χ1) is 8.34. The first-order valence-electron chi connectivity index (χ1n) is 5.46. The number of halogens is 2. The molecule has 5 heteroatoms. The maximum Gasteiger partial charge on any atom is 0.224 e. The van der Waals surface area contributed by atoms with Gasteiger partial charge in [0.05, 0.1) is 17.9 Å². The fourth-order valence-electron chi connectivity index (χ4n) is 1.26. The van der Waals surface area contributed by atoms with Crippen LogP contribution in [0.1, 0.15) is 19.4 Å². The van der Waals surface area contributed by atoms with Crippen LogP contribution >= 0.6 is 0 Å². The Balaban J connectivity index is 2.58. The predicted molar refractivity (Wildman–Crippen MR) is 62.5 cm³/mol. The number of carbonyl (C=O) groups is 1. The Morgan fingerprint density at radius 3 is 2.67 bits per heavy atom. The molecule has 0 saturated heterocycles. The summed E-state index contributed by atoms with van der Waals surface area (Å²) in [6, 6.07) is 5.12. The van der Waals surface area contributed by atoms with E-state index < -0.39 is 23.0 Å². The molecule has 1 rings (SSSR count). The van der Waals surface area contributed by atoms with Gasteiger partial charge in [-0.3, -0.25) is 4.79 Å².